The Bertz CT molecular complexity index is 247. The minimum absolute atomic E-state index is 0.0972. The molecule has 0 aromatic heterocycles. The number of carbonyl (C=O) groups excluding carboxylic acids is 1. The minimum atomic E-state index is -0.690. The first kappa shape index (κ1) is 13.5. The fourth-order valence-corrected chi connectivity index (χ4v) is 2.43. The van der Waals surface area contributed by atoms with Gasteiger partial charge in [0.25, 0.3) is 0 Å². The molecule has 0 aromatic rings. The van der Waals surface area contributed by atoms with Gasteiger partial charge in [0, 0.05) is 33.2 Å². The van der Waals surface area contributed by atoms with Crippen molar-refractivity contribution in [2.75, 3.05) is 27.3 Å². The van der Waals surface area contributed by atoms with Gasteiger partial charge in [0.15, 0.2) is 5.79 Å². The number of hydrogen-bond acceptors (Lipinski definition) is 3. The Labute approximate surface area is 97.9 Å². The number of nitrogens with zero attached hydrogens (tertiary/aromatic N) is 1. The number of hydrogen-bond donors (Lipinski definition) is 0. The largest absolute Gasteiger partial charge is 0.349 e. The molecule has 2 atom stereocenters. The Hall–Kier alpha value is -0.610. The summed E-state index contributed by atoms with van der Waals surface area (Å²) in [6, 6.07) is 0. The molecule has 1 fully saturated rings. The van der Waals surface area contributed by atoms with Crippen molar-refractivity contribution in [2.24, 2.45) is 11.8 Å². The second-order valence-corrected chi connectivity index (χ2v) is 4.51. The third kappa shape index (κ3) is 2.09. The van der Waals surface area contributed by atoms with E-state index in [-0.39, 0.29) is 17.7 Å². The number of rotatable bonds is 5. The van der Waals surface area contributed by atoms with Crippen molar-refractivity contribution < 1.29 is 14.3 Å². The molecule has 0 unspecified atom stereocenters. The van der Waals surface area contributed by atoms with Crippen LogP contribution in [0.2, 0.25) is 0 Å². The van der Waals surface area contributed by atoms with Crippen molar-refractivity contribution in [3.05, 3.63) is 0 Å². The molecule has 0 heterocycles. The molecule has 0 saturated heterocycles. The van der Waals surface area contributed by atoms with Gasteiger partial charge in [0.2, 0.25) is 5.91 Å². The molecule has 1 aliphatic carbocycles. The van der Waals surface area contributed by atoms with Gasteiger partial charge in [-0.15, -0.1) is 0 Å². The first-order chi connectivity index (χ1) is 7.49. The van der Waals surface area contributed by atoms with Crippen LogP contribution in [0.4, 0.5) is 0 Å². The predicted octanol–water partition coefficient (Wildman–Crippen LogP) is 1.50. The van der Waals surface area contributed by atoms with E-state index in [0.717, 1.165) is 6.42 Å². The predicted molar refractivity (Wildman–Crippen MR) is 61.9 cm³/mol. The maximum Gasteiger partial charge on any atom is 0.230 e. The molecule has 1 aliphatic rings. The first-order valence-electron chi connectivity index (χ1n) is 5.98. The van der Waals surface area contributed by atoms with Crippen LogP contribution in [0.3, 0.4) is 0 Å². The van der Waals surface area contributed by atoms with E-state index in [9.17, 15) is 4.79 Å². The highest BCUT2D eigenvalue weighted by Gasteiger charge is 2.58. The molecule has 0 radical (unpaired) electrons. The van der Waals surface area contributed by atoms with Gasteiger partial charge in [0.05, 0.1) is 5.92 Å². The zero-order chi connectivity index (χ0) is 12.3. The SMILES string of the molecule is CCOC1(OCC)[C@@H](C)C[C@H]1C(=O)N(C)C. The highest BCUT2D eigenvalue weighted by atomic mass is 16.7. The Balaban J connectivity index is 2.82. The fraction of sp³-hybridized carbons (Fsp3) is 0.917. The molecule has 94 valence electrons. The molecule has 16 heavy (non-hydrogen) atoms. The second-order valence-electron chi connectivity index (χ2n) is 4.51. The van der Waals surface area contributed by atoms with Crippen LogP contribution in [-0.2, 0) is 14.3 Å². The number of amides is 1. The third-order valence-electron chi connectivity index (χ3n) is 3.24. The van der Waals surface area contributed by atoms with Crippen molar-refractivity contribution in [3.63, 3.8) is 0 Å². The van der Waals surface area contributed by atoms with Crippen molar-refractivity contribution >= 4 is 5.91 Å². The molecule has 4 nitrogen and oxygen atoms in total. The monoisotopic (exact) mass is 229 g/mol. The number of carbonyl (C=O) groups is 1. The van der Waals surface area contributed by atoms with Gasteiger partial charge < -0.3 is 14.4 Å². The zero-order valence-electron chi connectivity index (χ0n) is 10.9. The Morgan fingerprint density at radius 1 is 1.31 bits per heavy atom. The Morgan fingerprint density at radius 2 is 1.81 bits per heavy atom. The zero-order valence-corrected chi connectivity index (χ0v) is 10.9. The van der Waals surface area contributed by atoms with E-state index in [0.29, 0.717) is 13.2 Å². The second kappa shape index (κ2) is 5.15. The van der Waals surface area contributed by atoms with Gasteiger partial charge in [-0.1, -0.05) is 6.92 Å². The summed E-state index contributed by atoms with van der Waals surface area (Å²) >= 11 is 0. The maximum atomic E-state index is 12.0. The van der Waals surface area contributed by atoms with Crippen LogP contribution in [0.5, 0.6) is 0 Å². The summed E-state index contributed by atoms with van der Waals surface area (Å²) in [5.74, 6) is -0.469. The van der Waals surface area contributed by atoms with Gasteiger partial charge in [-0.3, -0.25) is 4.79 Å². The van der Waals surface area contributed by atoms with Gasteiger partial charge in [-0.2, -0.15) is 0 Å². The van der Waals surface area contributed by atoms with Crippen LogP contribution in [0.15, 0.2) is 0 Å². The van der Waals surface area contributed by atoms with Gasteiger partial charge in [-0.25, -0.2) is 0 Å². The summed E-state index contributed by atoms with van der Waals surface area (Å²) in [6.45, 7) is 7.08. The lowest BCUT2D eigenvalue weighted by molar-refractivity contribution is -0.330. The average molecular weight is 229 g/mol. The lowest BCUT2D eigenvalue weighted by Crippen LogP contribution is -2.63. The van der Waals surface area contributed by atoms with Crippen molar-refractivity contribution in [3.8, 4) is 0 Å². The van der Waals surface area contributed by atoms with Crippen LogP contribution in [-0.4, -0.2) is 43.9 Å². The van der Waals surface area contributed by atoms with Crippen LogP contribution in [0, 0.1) is 11.8 Å². The van der Waals surface area contributed by atoms with Gasteiger partial charge in [-0.05, 0) is 20.3 Å². The van der Waals surface area contributed by atoms with E-state index < -0.39 is 5.79 Å². The lowest BCUT2D eigenvalue weighted by atomic mass is 9.68. The lowest BCUT2D eigenvalue weighted by Gasteiger charge is -2.52. The van der Waals surface area contributed by atoms with Gasteiger partial charge in [0.1, 0.15) is 0 Å². The molecule has 1 amide bonds. The van der Waals surface area contributed by atoms with Crippen molar-refractivity contribution in [1.82, 2.24) is 4.90 Å². The van der Waals surface area contributed by atoms with Crippen LogP contribution < -0.4 is 0 Å². The summed E-state index contributed by atoms with van der Waals surface area (Å²) in [6.07, 6.45) is 0.844. The molecule has 0 aliphatic heterocycles. The van der Waals surface area contributed by atoms with E-state index in [1.807, 2.05) is 13.8 Å². The first-order valence-corrected chi connectivity index (χ1v) is 5.98. The summed E-state index contributed by atoms with van der Waals surface area (Å²) in [5.41, 5.74) is 0. The maximum absolute atomic E-state index is 12.0. The van der Waals surface area contributed by atoms with Gasteiger partial charge >= 0.3 is 0 Å². The molecule has 1 rings (SSSR count). The molecule has 0 bridgehead atoms. The topological polar surface area (TPSA) is 38.8 Å². The van der Waals surface area contributed by atoms with E-state index in [2.05, 4.69) is 6.92 Å². The molecular formula is C12H23NO3. The molecule has 0 spiro atoms. The summed E-state index contributed by atoms with van der Waals surface area (Å²) in [7, 11) is 3.54. The minimum Gasteiger partial charge on any atom is -0.349 e. The molecular weight excluding hydrogens is 206 g/mol. The van der Waals surface area contributed by atoms with E-state index >= 15 is 0 Å². The summed E-state index contributed by atoms with van der Waals surface area (Å²) in [4.78, 5) is 13.6. The fourth-order valence-electron chi connectivity index (χ4n) is 2.43. The van der Waals surface area contributed by atoms with Crippen LogP contribution in [0.25, 0.3) is 0 Å². The molecule has 1 saturated carbocycles. The Morgan fingerprint density at radius 3 is 2.12 bits per heavy atom. The van der Waals surface area contributed by atoms with E-state index in [4.69, 9.17) is 9.47 Å². The summed E-state index contributed by atoms with van der Waals surface area (Å²) < 4.78 is 11.5. The van der Waals surface area contributed by atoms with E-state index in [1.165, 1.54) is 0 Å². The molecule has 0 aromatic carbocycles. The normalized spacial score (nSPS) is 27.3. The summed E-state index contributed by atoms with van der Waals surface area (Å²) in [5, 5.41) is 0. The van der Waals surface area contributed by atoms with Crippen LogP contribution >= 0.6 is 0 Å². The highest BCUT2D eigenvalue weighted by Crippen LogP contribution is 2.48. The smallest absolute Gasteiger partial charge is 0.230 e. The number of ether oxygens (including phenoxy) is 2. The van der Waals surface area contributed by atoms with Crippen molar-refractivity contribution in [2.45, 2.75) is 33.0 Å². The van der Waals surface area contributed by atoms with E-state index in [1.54, 1.807) is 19.0 Å². The average Bonchev–Trinajstić information content (AvgIpc) is 2.24. The molecule has 0 N–H and O–H groups in total. The molecule has 4 heteroatoms. The highest BCUT2D eigenvalue weighted by molar-refractivity contribution is 5.80. The van der Waals surface area contributed by atoms with Crippen LogP contribution in [0.1, 0.15) is 27.2 Å². The Kier molecular flexibility index (Phi) is 4.33. The van der Waals surface area contributed by atoms with Crippen molar-refractivity contribution in [1.29, 1.82) is 0 Å². The quantitative estimate of drug-likeness (QED) is 0.671. The third-order valence-corrected chi connectivity index (χ3v) is 3.24. The standard InChI is InChI=1S/C12H23NO3/c1-6-15-12(16-7-2)9(3)8-10(12)11(14)13(4)5/h9-10H,6-8H2,1-5H3/t9-,10-/m0/s1.